The number of carboxylic acid groups (broad SMARTS) is 2. The summed E-state index contributed by atoms with van der Waals surface area (Å²) in [7, 11) is 0. The molecule has 0 spiro atoms. The van der Waals surface area contributed by atoms with E-state index in [1.807, 2.05) is 0 Å². The highest BCUT2D eigenvalue weighted by Gasteiger charge is 2.27. The van der Waals surface area contributed by atoms with Gasteiger partial charge in [0.05, 0.1) is 6.54 Å². The SMILES string of the molecule is CC(CCC(=O)O)CC(=O)C(CCC(=O)O)CC(=O)CN(C(=O)CCCO)C(C)CCO. The highest BCUT2D eigenvalue weighted by molar-refractivity contribution is 5.91. The number of carbonyl (C=O) groups excluding carboxylic acids is 3. The molecule has 0 rings (SSSR count). The first-order valence-corrected chi connectivity index (χ1v) is 11.0. The van der Waals surface area contributed by atoms with Gasteiger partial charge >= 0.3 is 11.9 Å². The van der Waals surface area contributed by atoms with Crippen LogP contribution in [0.5, 0.6) is 0 Å². The van der Waals surface area contributed by atoms with Gasteiger partial charge in [-0.15, -0.1) is 0 Å². The van der Waals surface area contributed by atoms with E-state index in [1.54, 1.807) is 13.8 Å². The Kier molecular flexibility index (Phi) is 15.1. The molecular formula is C22H37NO9. The van der Waals surface area contributed by atoms with Crippen molar-refractivity contribution in [3.8, 4) is 0 Å². The molecule has 4 N–H and O–H groups in total. The van der Waals surface area contributed by atoms with Crippen LogP contribution in [0.3, 0.4) is 0 Å². The Labute approximate surface area is 188 Å². The van der Waals surface area contributed by atoms with Gasteiger partial charge in [-0.2, -0.15) is 0 Å². The minimum Gasteiger partial charge on any atom is -0.481 e. The van der Waals surface area contributed by atoms with Gasteiger partial charge in [0.25, 0.3) is 0 Å². The lowest BCUT2D eigenvalue weighted by Gasteiger charge is -2.29. The van der Waals surface area contributed by atoms with Crippen LogP contribution in [-0.4, -0.2) is 80.5 Å². The molecule has 0 aromatic carbocycles. The molecule has 1 amide bonds. The van der Waals surface area contributed by atoms with E-state index in [9.17, 15) is 29.1 Å². The molecule has 0 heterocycles. The number of rotatable bonds is 19. The molecule has 3 unspecified atom stereocenters. The second-order valence-electron chi connectivity index (χ2n) is 8.29. The minimum absolute atomic E-state index is 0.0176. The second kappa shape index (κ2) is 16.3. The van der Waals surface area contributed by atoms with Crippen molar-refractivity contribution in [2.75, 3.05) is 19.8 Å². The molecular weight excluding hydrogens is 422 g/mol. The molecule has 0 bridgehead atoms. The lowest BCUT2D eigenvalue weighted by Crippen LogP contribution is -2.43. The van der Waals surface area contributed by atoms with Crippen molar-refractivity contribution in [1.82, 2.24) is 4.90 Å². The van der Waals surface area contributed by atoms with E-state index in [-0.39, 0.29) is 88.7 Å². The summed E-state index contributed by atoms with van der Waals surface area (Å²) in [6.45, 7) is 2.81. The topological polar surface area (TPSA) is 170 Å². The molecule has 0 aliphatic rings. The first kappa shape index (κ1) is 29.7. The smallest absolute Gasteiger partial charge is 0.303 e. The van der Waals surface area contributed by atoms with Gasteiger partial charge in [0, 0.05) is 57.3 Å². The van der Waals surface area contributed by atoms with E-state index in [4.69, 9.17) is 15.3 Å². The summed E-state index contributed by atoms with van der Waals surface area (Å²) in [6.07, 6.45) is 0.293. The van der Waals surface area contributed by atoms with E-state index in [1.165, 1.54) is 4.90 Å². The number of aliphatic carboxylic acids is 2. The van der Waals surface area contributed by atoms with Crippen molar-refractivity contribution in [2.45, 2.75) is 77.7 Å². The molecule has 0 aliphatic carbocycles. The molecule has 3 atom stereocenters. The Morgan fingerprint density at radius 3 is 1.91 bits per heavy atom. The third-order valence-electron chi connectivity index (χ3n) is 5.33. The summed E-state index contributed by atoms with van der Waals surface area (Å²) in [5, 5.41) is 35.9. The number of carboxylic acids is 2. The van der Waals surface area contributed by atoms with Gasteiger partial charge in [0.2, 0.25) is 5.91 Å². The molecule has 0 radical (unpaired) electrons. The van der Waals surface area contributed by atoms with Crippen LogP contribution in [-0.2, 0) is 24.0 Å². The third kappa shape index (κ3) is 13.2. The number of nitrogens with zero attached hydrogens (tertiary/aromatic N) is 1. The highest BCUT2D eigenvalue weighted by atomic mass is 16.4. The number of carbonyl (C=O) groups is 5. The maximum Gasteiger partial charge on any atom is 0.303 e. The van der Waals surface area contributed by atoms with Gasteiger partial charge < -0.3 is 25.3 Å². The van der Waals surface area contributed by atoms with E-state index >= 15 is 0 Å². The zero-order valence-corrected chi connectivity index (χ0v) is 19.0. The monoisotopic (exact) mass is 459 g/mol. The summed E-state index contributed by atoms with van der Waals surface area (Å²) in [6, 6.07) is -0.417. The number of hydrogen-bond acceptors (Lipinski definition) is 7. The Hall–Kier alpha value is -2.33. The van der Waals surface area contributed by atoms with Gasteiger partial charge in [-0.25, -0.2) is 0 Å². The number of aliphatic hydroxyl groups excluding tert-OH is 2. The Bertz CT molecular complexity index is 635. The van der Waals surface area contributed by atoms with Crippen molar-refractivity contribution in [3.63, 3.8) is 0 Å². The van der Waals surface area contributed by atoms with Crippen LogP contribution in [0.25, 0.3) is 0 Å². The van der Waals surface area contributed by atoms with Gasteiger partial charge in [-0.05, 0) is 38.5 Å². The molecule has 10 nitrogen and oxygen atoms in total. The molecule has 184 valence electrons. The lowest BCUT2D eigenvalue weighted by molar-refractivity contribution is -0.140. The maximum atomic E-state index is 12.7. The Morgan fingerprint density at radius 2 is 1.38 bits per heavy atom. The average Bonchev–Trinajstić information content (AvgIpc) is 2.71. The lowest BCUT2D eigenvalue weighted by atomic mass is 9.86. The Morgan fingerprint density at radius 1 is 0.781 bits per heavy atom. The molecule has 0 aromatic heterocycles. The van der Waals surface area contributed by atoms with E-state index < -0.39 is 29.7 Å². The first-order chi connectivity index (χ1) is 15.0. The molecule has 0 saturated heterocycles. The van der Waals surface area contributed by atoms with Crippen LogP contribution >= 0.6 is 0 Å². The number of aliphatic hydroxyl groups is 2. The fraction of sp³-hybridized carbons (Fsp3) is 0.773. The summed E-state index contributed by atoms with van der Waals surface area (Å²) < 4.78 is 0. The zero-order valence-electron chi connectivity index (χ0n) is 19.0. The second-order valence-corrected chi connectivity index (χ2v) is 8.29. The van der Waals surface area contributed by atoms with Crippen LogP contribution in [0.15, 0.2) is 0 Å². The van der Waals surface area contributed by atoms with Gasteiger partial charge in [0.15, 0.2) is 5.78 Å². The third-order valence-corrected chi connectivity index (χ3v) is 5.33. The van der Waals surface area contributed by atoms with Crippen molar-refractivity contribution >= 4 is 29.4 Å². The van der Waals surface area contributed by atoms with Crippen molar-refractivity contribution < 1.29 is 44.4 Å². The minimum atomic E-state index is -1.09. The average molecular weight is 460 g/mol. The zero-order chi connectivity index (χ0) is 24.7. The molecule has 0 saturated carbocycles. The standard InChI is InChI=1S/C22H37NO9/c1-15(5-7-21(29)30)12-19(27)17(6-8-22(31)32)13-18(26)14-23(16(2)9-11-25)20(28)4-3-10-24/h15-17,24-25H,3-14H2,1-2H3,(H,29,30)(H,31,32). The number of ketones is 2. The van der Waals surface area contributed by atoms with Crippen molar-refractivity contribution in [3.05, 3.63) is 0 Å². The van der Waals surface area contributed by atoms with Crippen LogP contribution < -0.4 is 0 Å². The fourth-order valence-corrected chi connectivity index (χ4v) is 3.39. The number of hydrogen-bond donors (Lipinski definition) is 4. The summed E-state index contributed by atoms with van der Waals surface area (Å²) in [5.74, 6) is -4.14. The number of amides is 1. The summed E-state index contributed by atoms with van der Waals surface area (Å²) in [5.41, 5.74) is 0. The van der Waals surface area contributed by atoms with Crippen LogP contribution in [0, 0.1) is 11.8 Å². The largest absolute Gasteiger partial charge is 0.481 e. The van der Waals surface area contributed by atoms with Gasteiger partial charge in [-0.1, -0.05) is 6.92 Å². The fourth-order valence-electron chi connectivity index (χ4n) is 3.39. The summed E-state index contributed by atoms with van der Waals surface area (Å²) in [4.78, 5) is 60.9. The van der Waals surface area contributed by atoms with E-state index in [0.29, 0.717) is 6.42 Å². The van der Waals surface area contributed by atoms with Crippen LogP contribution in [0.1, 0.15) is 71.6 Å². The van der Waals surface area contributed by atoms with E-state index in [2.05, 4.69) is 0 Å². The first-order valence-electron chi connectivity index (χ1n) is 11.0. The van der Waals surface area contributed by atoms with Crippen LogP contribution in [0.2, 0.25) is 0 Å². The predicted molar refractivity (Wildman–Crippen MR) is 115 cm³/mol. The molecule has 32 heavy (non-hydrogen) atoms. The molecule has 0 aliphatic heterocycles. The summed E-state index contributed by atoms with van der Waals surface area (Å²) >= 11 is 0. The van der Waals surface area contributed by atoms with Crippen molar-refractivity contribution in [1.29, 1.82) is 0 Å². The number of Topliss-reactive ketones (excluding diaryl/α,β-unsaturated/α-hetero) is 2. The predicted octanol–water partition coefficient (Wildman–Crippen LogP) is 1.26. The molecule has 10 heteroatoms. The van der Waals surface area contributed by atoms with Crippen molar-refractivity contribution in [2.24, 2.45) is 11.8 Å². The molecule has 0 fully saturated rings. The quantitative estimate of drug-likeness (QED) is 0.222. The normalized spacial score (nSPS) is 13.8. The maximum absolute atomic E-state index is 12.7. The van der Waals surface area contributed by atoms with E-state index in [0.717, 1.165) is 0 Å². The van der Waals surface area contributed by atoms with Gasteiger partial charge in [-0.3, -0.25) is 24.0 Å². The van der Waals surface area contributed by atoms with Gasteiger partial charge in [0.1, 0.15) is 5.78 Å². The highest BCUT2D eigenvalue weighted by Crippen LogP contribution is 2.21. The Balaban J connectivity index is 5.21. The molecule has 0 aromatic rings. The van der Waals surface area contributed by atoms with Crippen LogP contribution in [0.4, 0.5) is 0 Å².